The molecule has 0 bridgehead atoms. The minimum atomic E-state index is -0.315. The van der Waals surface area contributed by atoms with Crippen molar-refractivity contribution < 1.29 is 14.6 Å². The van der Waals surface area contributed by atoms with Crippen LogP contribution in [0.4, 0.5) is 0 Å². The number of benzene rings is 1. The zero-order valence-corrected chi connectivity index (χ0v) is 14.4. The molecular weight excluding hydrogens is 264 g/mol. The number of hydrogen-bond donors (Lipinski definition) is 1. The lowest BCUT2D eigenvalue weighted by atomic mass is 9.67. The molecule has 0 heterocycles. The van der Waals surface area contributed by atoms with Crippen LogP contribution in [0.5, 0.6) is 0 Å². The van der Waals surface area contributed by atoms with Crippen molar-refractivity contribution in [1.82, 2.24) is 0 Å². The smallest absolute Gasteiger partial charge is 0.150 e. The van der Waals surface area contributed by atoms with E-state index in [4.69, 9.17) is 0 Å². The maximum Gasteiger partial charge on any atom is 0.150 e. The van der Waals surface area contributed by atoms with Gasteiger partial charge in [0.25, 0.3) is 0 Å². The summed E-state index contributed by atoms with van der Waals surface area (Å²) in [6, 6.07) is 5.80. The molecule has 0 radical (unpaired) electrons. The van der Waals surface area contributed by atoms with E-state index >= 15 is 0 Å². The molecule has 2 rings (SSSR count). The van der Waals surface area contributed by atoms with E-state index in [1.807, 2.05) is 39.0 Å². The van der Waals surface area contributed by atoms with Crippen LogP contribution in [-0.4, -0.2) is 31.7 Å². The zero-order chi connectivity index (χ0) is 16.6. The molecule has 0 saturated carbocycles. The topological polar surface area (TPSA) is 46.5 Å². The first-order valence-electron chi connectivity index (χ1n) is 7.55. The third-order valence-electron chi connectivity index (χ3n) is 3.73. The van der Waals surface area contributed by atoms with Gasteiger partial charge in [-0.3, -0.25) is 4.79 Å². The Hall–Kier alpha value is -1.19. The maximum atomic E-state index is 10.8. The summed E-state index contributed by atoms with van der Waals surface area (Å²) in [5, 5.41) is 10.0. The van der Waals surface area contributed by atoms with Gasteiger partial charge >= 0.3 is 0 Å². The van der Waals surface area contributed by atoms with Crippen molar-refractivity contribution in [2.45, 2.75) is 58.5 Å². The molecule has 1 aliphatic carbocycles. The minimum Gasteiger partial charge on any atom is -0.392 e. The third-order valence-corrected chi connectivity index (χ3v) is 3.73. The largest absolute Gasteiger partial charge is 0.392 e. The number of carbonyl (C=O) groups is 1. The van der Waals surface area contributed by atoms with Gasteiger partial charge in [-0.15, -0.1) is 0 Å². The minimum absolute atomic E-state index is 0.0112. The zero-order valence-electron chi connectivity index (χ0n) is 14.4. The van der Waals surface area contributed by atoms with E-state index in [0.29, 0.717) is 5.56 Å². The first kappa shape index (κ1) is 19.8. The van der Waals surface area contributed by atoms with Gasteiger partial charge in [-0.05, 0) is 29.0 Å². The average Bonchev–Trinajstić information content (AvgIpc) is 2.47. The van der Waals surface area contributed by atoms with Crippen LogP contribution in [0.3, 0.4) is 0 Å². The van der Waals surface area contributed by atoms with Crippen LogP contribution in [0.2, 0.25) is 0 Å². The highest BCUT2D eigenvalue weighted by atomic mass is 16.4. The highest BCUT2D eigenvalue weighted by Gasteiger charge is 2.36. The molecule has 3 heteroatoms. The Morgan fingerprint density at radius 2 is 1.81 bits per heavy atom. The van der Waals surface area contributed by atoms with Crippen molar-refractivity contribution >= 4 is 6.29 Å². The molecule has 0 aliphatic heterocycles. The molecule has 120 valence electrons. The highest BCUT2D eigenvalue weighted by molar-refractivity contribution is 5.75. The van der Waals surface area contributed by atoms with Gasteiger partial charge in [0, 0.05) is 25.7 Å². The van der Waals surface area contributed by atoms with Crippen molar-refractivity contribution in [3.05, 3.63) is 34.9 Å². The number of methoxy groups -OCH3 is 1. The van der Waals surface area contributed by atoms with E-state index in [9.17, 15) is 9.90 Å². The van der Waals surface area contributed by atoms with Gasteiger partial charge in [-0.25, -0.2) is 0 Å². The van der Waals surface area contributed by atoms with E-state index < -0.39 is 0 Å². The van der Waals surface area contributed by atoms with Gasteiger partial charge in [0.2, 0.25) is 0 Å². The average molecular weight is 294 g/mol. The Kier molecular flexibility index (Phi) is 8.45. The molecule has 0 aromatic heterocycles. The molecule has 1 aromatic rings. The molecule has 2 unspecified atom stereocenters. The number of rotatable bonds is 1. The lowest BCUT2D eigenvalue weighted by Gasteiger charge is -2.39. The summed E-state index contributed by atoms with van der Waals surface area (Å²) in [6.45, 7) is 10.3. The number of hydrogen-bond acceptors (Lipinski definition) is 3. The quantitative estimate of drug-likeness (QED) is 0.798. The van der Waals surface area contributed by atoms with Crippen molar-refractivity contribution in [2.75, 3.05) is 14.2 Å². The van der Waals surface area contributed by atoms with E-state index in [-0.39, 0.29) is 17.4 Å². The summed E-state index contributed by atoms with van der Waals surface area (Å²) in [4.78, 5) is 10.8. The molecule has 0 saturated heterocycles. The van der Waals surface area contributed by atoms with Crippen molar-refractivity contribution in [2.24, 2.45) is 0 Å². The van der Waals surface area contributed by atoms with Crippen LogP contribution in [-0.2, 0) is 10.2 Å². The second-order valence-electron chi connectivity index (χ2n) is 5.82. The second kappa shape index (κ2) is 8.96. The molecule has 1 aromatic carbocycles. The molecule has 3 nitrogen and oxygen atoms in total. The van der Waals surface area contributed by atoms with Gasteiger partial charge in [0.15, 0.2) is 0 Å². The summed E-state index contributed by atoms with van der Waals surface area (Å²) in [5.41, 5.74) is 3.06. The monoisotopic (exact) mass is 294 g/mol. The predicted octanol–water partition coefficient (Wildman–Crippen LogP) is 3.93. The normalized spacial score (nSPS) is 21.9. The molecular formula is C18H30O3. The van der Waals surface area contributed by atoms with E-state index in [0.717, 1.165) is 18.3 Å². The van der Waals surface area contributed by atoms with Gasteiger partial charge < -0.3 is 9.84 Å². The number of fused-ring (bicyclic) bond motifs is 1. The Morgan fingerprint density at radius 1 is 1.29 bits per heavy atom. The number of aldehydes is 1. The van der Waals surface area contributed by atoms with E-state index in [1.54, 1.807) is 14.2 Å². The molecule has 1 N–H and O–H groups in total. The molecule has 1 aliphatic rings. The van der Waals surface area contributed by atoms with Crippen LogP contribution in [0.25, 0.3) is 0 Å². The second-order valence-corrected chi connectivity index (χ2v) is 5.82. The number of carbonyl (C=O) groups excluding carboxylic acids is 1. The Balaban J connectivity index is 0.000000713. The Bertz CT molecular complexity index is 438. The lowest BCUT2D eigenvalue weighted by Crippen LogP contribution is -2.35. The summed E-state index contributed by atoms with van der Waals surface area (Å²) in [6.07, 6.45) is 1.33. The van der Waals surface area contributed by atoms with Gasteiger partial charge in [-0.1, -0.05) is 46.8 Å². The third kappa shape index (κ3) is 4.94. The van der Waals surface area contributed by atoms with Crippen molar-refractivity contribution in [3.63, 3.8) is 0 Å². The van der Waals surface area contributed by atoms with Crippen LogP contribution in [0.15, 0.2) is 18.2 Å². The Morgan fingerprint density at radius 3 is 2.29 bits per heavy atom. The molecule has 0 fully saturated rings. The van der Waals surface area contributed by atoms with Crippen molar-refractivity contribution in [3.8, 4) is 0 Å². The molecule has 0 spiro atoms. The number of aliphatic hydroxyl groups excluding tert-OH is 1. The molecule has 0 amide bonds. The summed E-state index contributed by atoms with van der Waals surface area (Å²) in [5.74, 6) is 0.114. The summed E-state index contributed by atoms with van der Waals surface area (Å²) in [7, 11) is 3.25. The number of aliphatic hydroxyl groups is 1. The standard InChI is InChI=1S/C14H18O2.C2H6O.C2H6/c1-9-11-6-10(8-15)4-5-12(11)14(2,3)7-13(9)16;1-3-2;1-2/h4-6,8-9,13,16H,7H2,1-3H3;1-2H3;1-2H3. The molecule has 2 atom stereocenters. The fraction of sp³-hybridized carbons (Fsp3) is 0.611. The van der Waals surface area contributed by atoms with Gasteiger partial charge in [-0.2, -0.15) is 0 Å². The number of ether oxygens (including phenoxy) is 1. The van der Waals surface area contributed by atoms with Gasteiger partial charge in [0.1, 0.15) is 6.29 Å². The highest BCUT2D eigenvalue weighted by Crippen LogP contribution is 2.42. The van der Waals surface area contributed by atoms with Crippen LogP contribution in [0, 0.1) is 0 Å². The lowest BCUT2D eigenvalue weighted by molar-refractivity contribution is 0.103. The van der Waals surface area contributed by atoms with E-state index in [2.05, 4.69) is 18.6 Å². The fourth-order valence-electron chi connectivity index (χ4n) is 2.66. The first-order valence-corrected chi connectivity index (χ1v) is 7.55. The Labute approximate surface area is 129 Å². The first-order chi connectivity index (χ1) is 9.87. The fourth-order valence-corrected chi connectivity index (χ4v) is 2.66. The van der Waals surface area contributed by atoms with Crippen LogP contribution >= 0.6 is 0 Å². The maximum absolute atomic E-state index is 10.8. The predicted molar refractivity (Wildman–Crippen MR) is 88.2 cm³/mol. The van der Waals surface area contributed by atoms with Crippen LogP contribution < -0.4 is 0 Å². The summed E-state index contributed by atoms with van der Waals surface area (Å²) < 4.78 is 4.25. The molecule has 21 heavy (non-hydrogen) atoms. The van der Waals surface area contributed by atoms with Crippen LogP contribution in [0.1, 0.15) is 68.4 Å². The SMILES string of the molecule is CC.CC1c2cc(C=O)ccc2C(C)(C)CC1O.COC. The van der Waals surface area contributed by atoms with Crippen molar-refractivity contribution in [1.29, 1.82) is 0 Å². The van der Waals surface area contributed by atoms with E-state index in [1.165, 1.54) is 5.56 Å². The summed E-state index contributed by atoms with van der Waals surface area (Å²) >= 11 is 0. The van der Waals surface area contributed by atoms with Gasteiger partial charge in [0.05, 0.1) is 6.10 Å².